The summed E-state index contributed by atoms with van der Waals surface area (Å²) in [6, 6.07) is 32.0. The normalized spacial score (nSPS) is 15.1. The fourth-order valence-corrected chi connectivity index (χ4v) is 6.60. The number of pyridine rings is 1. The molecule has 0 bridgehead atoms. The van der Waals surface area contributed by atoms with Crippen LogP contribution in [0.1, 0.15) is 49.4 Å². The zero-order chi connectivity index (χ0) is 39.4. The summed E-state index contributed by atoms with van der Waals surface area (Å²) in [4.78, 5) is 44.8. The van der Waals surface area contributed by atoms with Gasteiger partial charge in [-0.05, 0) is 73.5 Å². The van der Waals surface area contributed by atoms with Crippen molar-refractivity contribution in [2.24, 2.45) is 0 Å². The molecule has 0 spiro atoms. The maximum atomic E-state index is 14.1. The molecule has 10 nitrogen and oxygen atoms in total. The predicted molar refractivity (Wildman–Crippen MR) is 201 cm³/mol. The molecule has 0 aliphatic carbocycles. The molecule has 55 heavy (non-hydrogen) atoms. The Morgan fingerprint density at radius 3 is 1.93 bits per heavy atom. The monoisotopic (exact) mass is 752 g/mol. The maximum Gasteiger partial charge on any atom is 0.573 e. The van der Waals surface area contributed by atoms with Crippen LogP contribution >= 0.6 is 0 Å². The third-order valence-corrected chi connectivity index (χ3v) is 8.92. The van der Waals surface area contributed by atoms with Gasteiger partial charge >= 0.3 is 18.4 Å². The van der Waals surface area contributed by atoms with Crippen LogP contribution in [-0.4, -0.2) is 59.5 Å². The highest BCUT2D eigenvalue weighted by atomic mass is 19.4. The van der Waals surface area contributed by atoms with Crippen LogP contribution in [0.5, 0.6) is 5.75 Å². The standard InChI is InChI=1S/C42H39F3N4O6/c1-40(2,3)55-39(52)47-33-21-23-49(37(33)50)34(38(51)53-4)25-28-24-27-20-22-46-36(32(27)26-35(28)54-42(43,44)45)48-41(29-14-8-5-9-15-29,30-16-10-6-11-17-30)31-18-12-7-13-19-31/h5-20,22,24-26,33H,21,23H2,1-4H3,(H,46,48)(H,47,52)/b34-25+/t33-/m0/s1. The Labute approximate surface area is 315 Å². The molecule has 0 unspecified atom stereocenters. The van der Waals surface area contributed by atoms with E-state index in [1.54, 1.807) is 26.8 Å². The molecule has 1 aliphatic rings. The zero-order valence-corrected chi connectivity index (χ0v) is 30.5. The summed E-state index contributed by atoms with van der Waals surface area (Å²) in [5.41, 5.74) is 0.118. The summed E-state index contributed by atoms with van der Waals surface area (Å²) in [6.45, 7) is 4.96. The second kappa shape index (κ2) is 15.5. The summed E-state index contributed by atoms with van der Waals surface area (Å²) in [6.07, 6.45) is -3.24. The number of esters is 1. The number of ether oxygens (including phenoxy) is 3. The van der Waals surface area contributed by atoms with E-state index in [1.165, 1.54) is 18.3 Å². The molecule has 2 N–H and O–H groups in total. The number of alkyl halides is 3. The van der Waals surface area contributed by atoms with Crippen molar-refractivity contribution in [3.8, 4) is 5.75 Å². The fourth-order valence-electron chi connectivity index (χ4n) is 6.60. The molecular weight excluding hydrogens is 713 g/mol. The number of alkyl carbamates (subject to hydrolysis) is 1. The van der Waals surface area contributed by atoms with E-state index in [9.17, 15) is 27.6 Å². The third kappa shape index (κ3) is 8.56. The fraction of sp³-hybridized carbons (Fsp3) is 0.238. The van der Waals surface area contributed by atoms with Crippen molar-refractivity contribution >= 4 is 40.6 Å². The SMILES string of the molecule is COC(=O)/C(=C\c1cc2ccnc(NC(c3ccccc3)(c3ccccc3)c3ccccc3)c2cc1OC(F)(F)F)N1CC[C@H](NC(=O)OC(C)(C)C)C1=O. The molecule has 5 aromatic rings. The minimum Gasteiger partial charge on any atom is -0.464 e. The van der Waals surface area contributed by atoms with Gasteiger partial charge in [-0.25, -0.2) is 14.6 Å². The minimum absolute atomic E-state index is 0.0399. The van der Waals surface area contributed by atoms with Gasteiger partial charge in [0.25, 0.3) is 0 Å². The van der Waals surface area contributed by atoms with Gasteiger partial charge in [0.15, 0.2) is 0 Å². The molecule has 0 radical (unpaired) electrons. The molecule has 1 saturated heterocycles. The van der Waals surface area contributed by atoms with Crippen LogP contribution in [0, 0.1) is 0 Å². The van der Waals surface area contributed by atoms with Gasteiger partial charge < -0.3 is 29.7 Å². The number of aromatic nitrogens is 1. The lowest BCUT2D eigenvalue weighted by molar-refractivity contribution is -0.274. The first kappa shape index (κ1) is 38.4. The number of rotatable bonds is 10. The van der Waals surface area contributed by atoms with Crippen LogP contribution in [0.2, 0.25) is 0 Å². The van der Waals surface area contributed by atoms with Crippen LogP contribution in [0.4, 0.5) is 23.8 Å². The number of nitrogens with one attached hydrogen (secondary N) is 2. The molecule has 2 heterocycles. The lowest BCUT2D eigenvalue weighted by atomic mass is 9.77. The number of amides is 2. The average Bonchev–Trinajstić information content (AvgIpc) is 3.50. The number of halogens is 3. The highest BCUT2D eigenvalue weighted by Gasteiger charge is 2.40. The Bertz CT molecular complexity index is 2110. The van der Waals surface area contributed by atoms with Crippen LogP contribution in [0.25, 0.3) is 16.8 Å². The van der Waals surface area contributed by atoms with E-state index in [1.807, 2.05) is 91.0 Å². The van der Waals surface area contributed by atoms with Crippen LogP contribution in [0.15, 0.2) is 121 Å². The van der Waals surface area contributed by atoms with Gasteiger partial charge in [0, 0.05) is 23.7 Å². The molecule has 1 fully saturated rings. The van der Waals surface area contributed by atoms with Gasteiger partial charge in [-0.15, -0.1) is 13.2 Å². The Balaban J connectivity index is 1.48. The Hall–Kier alpha value is -6.37. The molecule has 0 saturated carbocycles. The summed E-state index contributed by atoms with van der Waals surface area (Å²) < 4.78 is 57.1. The number of nitrogens with zero attached hydrogens (tertiary/aromatic N) is 2. The lowest BCUT2D eigenvalue weighted by Crippen LogP contribution is -2.44. The molecule has 284 valence electrons. The van der Waals surface area contributed by atoms with Gasteiger partial charge in [-0.3, -0.25) is 4.79 Å². The largest absolute Gasteiger partial charge is 0.573 e. The molecule has 1 aliphatic heterocycles. The van der Waals surface area contributed by atoms with Crippen molar-refractivity contribution in [1.29, 1.82) is 0 Å². The van der Waals surface area contributed by atoms with E-state index in [0.29, 0.717) is 5.39 Å². The number of benzene rings is 4. The minimum atomic E-state index is -5.13. The van der Waals surface area contributed by atoms with Crippen LogP contribution < -0.4 is 15.4 Å². The smallest absolute Gasteiger partial charge is 0.464 e. The van der Waals surface area contributed by atoms with Gasteiger partial charge in [-0.1, -0.05) is 91.0 Å². The number of carbonyl (C=O) groups is 3. The van der Waals surface area contributed by atoms with Crippen LogP contribution in [-0.2, 0) is 24.6 Å². The molecule has 13 heteroatoms. The van der Waals surface area contributed by atoms with Gasteiger partial charge in [0.2, 0.25) is 5.91 Å². The molecule has 1 aromatic heterocycles. The number of methoxy groups -OCH3 is 1. The van der Waals surface area contributed by atoms with Crippen molar-refractivity contribution in [2.45, 2.75) is 50.7 Å². The summed E-state index contributed by atoms with van der Waals surface area (Å²) in [5, 5.41) is 6.84. The first-order chi connectivity index (χ1) is 26.2. The Morgan fingerprint density at radius 2 is 1.42 bits per heavy atom. The summed E-state index contributed by atoms with van der Waals surface area (Å²) in [5.74, 6) is -2.07. The predicted octanol–water partition coefficient (Wildman–Crippen LogP) is 8.18. The average molecular weight is 753 g/mol. The number of hydrogen-bond acceptors (Lipinski definition) is 8. The Morgan fingerprint density at radius 1 is 0.855 bits per heavy atom. The molecule has 6 rings (SSSR count). The maximum absolute atomic E-state index is 14.1. The number of likely N-dealkylation sites (tertiary alicyclic amines) is 1. The topological polar surface area (TPSA) is 119 Å². The van der Waals surface area contributed by atoms with Crippen molar-refractivity contribution in [1.82, 2.24) is 15.2 Å². The number of carbonyl (C=O) groups excluding carboxylic acids is 3. The van der Waals surface area contributed by atoms with Gasteiger partial charge in [-0.2, -0.15) is 0 Å². The summed E-state index contributed by atoms with van der Waals surface area (Å²) >= 11 is 0. The van der Waals surface area contributed by atoms with E-state index < -0.39 is 47.3 Å². The molecule has 4 aromatic carbocycles. The summed E-state index contributed by atoms with van der Waals surface area (Å²) in [7, 11) is 1.09. The van der Waals surface area contributed by atoms with Crippen molar-refractivity contribution in [3.63, 3.8) is 0 Å². The third-order valence-electron chi connectivity index (χ3n) is 8.92. The Kier molecular flexibility index (Phi) is 10.8. The van der Waals surface area contributed by atoms with Gasteiger partial charge in [0.05, 0.1) is 7.11 Å². The number of anilines is 1. The van der Waals surface area contributed by atoms with Crippen LogP contribution in [0.3, 0.4) is 0 Å². The number of fused-ring (bicyclic) bond motifs is 1. The van der Waals surface area contributed by atoms with Crippen molar-refractivity contribution in [3.05, 3.63) is 143 Å². The highest BCUT2D eigenvalue weighted by molar-refractivity contribution is 6.02. The van der Waals surface area contributed by atoms with E-state index >= 15 is 0 Å². The second-order valence-electron chi connectivity index (χ2n) is 13.8. The quantitative estimate of drug-likeness (QED) is 0.0834. The first-order valence-corrected chi connectivity index (χ1v) is 17.4. The number of hydrogen-bond donors (Lipinski definition) is 2. The lowest BCUT2D eigenvalue weighted by Gasteiger charge is -2.37. The van der Waals surface area contributed by atoms with E-state index in [4.69, 9.17) is 9.47 Å². The van der Waals surface area contributed by atoms with Gasteiger partial charge in [0.1, 0.15) is 34.4 Å². The molecular formula is C42H39F3N4O6. The van der Waals surface area contributed by atoms with E-state index in [0.717, 1.165) is 34.8 Å². The second-order valence-corrected chi connectivity index (χ2v) is 13.8. The van der Waals surface area contributed by atoms with Crippen molar-refractivity contribution in [2.75, 3.05) is 19.0 Å². The van der Waals surface area contributed by atoms with E-state index in [-0.39, 0.29) is 35.4 Å². The first-order valence-electron chi connectivity index (χ1n) is 17.4. The molecule has 1 atom stereocenters. The van der Waals surface area contributed by atoms with Crippen molar-refractivity contribution < 1.29 is 41.8 Å². The van der Waals surface area contributed by atoms with E-state index in [2.05, 4.69) is 20.4 Å². The zero-order valence-electron chi connectivity index (χ0n) is 30.5. The molecule has 2 amide bonds. The highest BCUT2D eigenvalue weighted by Crippen LogP contribution is 2.42.